The summed E-state index contributed by atoms with van der Waals surface area (Å²) in [5.41, 5.74) is 1.28. The van der Waals surface area contributed by atoms with E-state index >= 15 is 0 Å². The zero-order chi connectivity index (χ0) is 15.2. The number of nitrogens with zero attached hydrogens (tertiary/aromatic N) is 4. The normalized spacial score (nSPS) is 10.1. The Balaban J connectivity index is 2.49. The quantitative estimate of drug-likeness (QED) is 0.825. The van der Waals surface area contributed by atoms with Crippen LogP contribution in [0.25, 0.3) is 11.3 Å². The fourth-order valence-corrected chi connectivity index (χ4v) is 1.72. The van der Waals surface area contributed by atoms with Crippen molar-refractivity contribution < 1.29 is 9.47 Å². The van der Waals surface area contributed by atoms with Crippen molar-refractivity contribution in [2.45, 2.75) is 6.92 Å². The zero-order valence-electron chi connectivity index (χ0n) is 12.5. The van der Waals surface area contributed by atoms with Crippen molar-refractivity contribution in [3.63, 3.8) is 0 Å². The number of anilines is 2. The molecule has 0 unspecified atom stereocenters. The number of hydrogen-bond donors (Lipinski definition) is 2. The number of hydrogen-bond acceptors (Lipinski definition) is 8. The molecule has 0 spiro atoms. The molecule has 0 aliphatic heterocycles. The fourth-order valence-electron chi connectivity index (χ4n) is 1.72. The van der Waals surface area contributed by atoms with Gasteiger partial charge in [0.25, 0.3) is 0 Å². The Morgan fingerprint density at radius 3 is 2.52 bits per heavy atom. The predicted molar refractivity (Wildman–Crippen MR) is 79.9 cm³/mol. The molecule has 112 valence electrons. The molecule has 0 saturated heterocycles. The Hall–Kier alpha value is -2.64. The van der Waals surface area contributed by atoms with Gasteiger partial charge in [-0.05, 0) is 6.92 Å². The predicted octanol–water partition coefficient (Wildman–Crippen LogP) is 1.42. The summed E-state index contributed by atoms with van der Waals surface area (Å²) in [6, 6.07) is 1.70. The van der Waals surface area contributed by atoms with E-state index in [4.69, 9.17) is 9.47 Å². The van der Waals surface area contributed by atoms with Crippen molar-refractivity contribution in [2.24, 2.45) is 0 Å². The van der Waals surface area contributed by atoms with Crippen LogP contribution >= 0.6 is 0 Å². The molecule has 21 heavy (non-hydrogen) atoms. The number of rotatable bonds is 6. The summed E-state index contributed by atoms with van der Waals surface area (Å²) in [5.74, 6) is 1.83. The van der Waals surface area contributed by atoms with Gasteiger partial charge in [-0.2, -0.15) is 9.97 Å². The number of aromatic nitrogens is 4. The minimum Gasteiger partial charge on any atom is -0.481 e. The van der Waals surface area contributed by atoms with Crippen LogP contribution in [-0.4, -0.2) is 47.7 Å². The van der Waals surface area contributed by atoms with Crippen molar-refractivity contribution in [3.8, 4) is 23.0 Å². The number of nitrogens with one attached hydrogen (secondary N) is 2. The molecule has 0 fully saturated rings. The molecule has 8 nitrogen and oxygen atoms in total. The molecule has 2 rings (SSSR count). The van der Waals surface area contributed by atoms with Gasteiger partial charge in [-0.1, -0.05) is 0 Å². The third-order valence-corrected chi connectivity index (χ3v) is 2.69. The molecule has 2 aromatic rings. The summed E-state index contributed by atoms with van der Waals surface area (Å²) in [7, 11) is 4.84. The monoisotopic (exact) mass is 290 g/mol. The highest BCUT2D eigenvalue weighted by atomic mass is 16.5. The van der Waals surface area contributed by atoms with Crippen LogP contribution < -0.4 is 20.1 Å². The van der Waals surface area contributed by atoms with Crippen LogP contribution in [0, 0.1) is 0 Å². The highest BCUT2D eigenvalue weighted by molar-refractivity contribution is 5.66. The first-order valence-corrected chi connectivity index (χ1v) is 6.47. The van der Waals surface area contributed by atoms with Gasteiger partial charge in [-0.15, -0.1) is 0 Å². The summed E-state index contributed by atoms with van der Waals surface area (Å²) < 4.78 is 10.5. The average Bonchev–Trinajstić information content (AvgIpc) is 2.54. The van der Waals surface area contributed by atoms with Gasteiger partial charge in [0.15, 0.2) is 0 Å². The Bertz CT molecular complexity index is 597. The van der Waals surface area contributed by atoms with E-state index in [-0.39, 0.29) is 0 Å². The van der Waals surface area contributed by atoms with E-state index in [2.05, 4.69) is 30.6 Å². The Morgan fingerprint density at radius 2 is 1.90 bits per heavy atom. The second-order valence-electron chi connectivity index (χ2n) is 4.02. The maximum absolute atomic E-state index is 5.32. The highest BCUT2D eigenvalue weighted by Crippen LogP contribution is 2.29. The van der Waals surface area contributed by atoms with Crippen LogP contribution in [-0.2, 0) is 0 Å². The third-order valence-electron chi connectivity index (χ3n) is 2.69. The van der Waals surface area contributed by atoms with Gasteiger partial charge < -0.3 is 20.1 Å². The second-order valence-corrected chi connectivity index (χ2v) is 4.02. The van der Waals surface area contributed by atoms with Gasteiger partial charge in [0.05, 0.1) is 25.5 Å². The van der Waals surface area contributed by atoms with Crippen LogP contribution in [0.15, 0.2) is 12.3 Å². The topological polar surface area (TPSA) is 94.1 Å². The van der Waals surface area contributed by atoms with Crippen LogP contribution in [0.2, 0.25) is 0 Å². The second kappa shape index (κ2) is 6.69. The first-order valence-electron chi connectivity index (χ1n) is 6.47. The van der Waals surface area contributed by atoms with Gasteiger partial charge in [-0.3, -0.25) is 0 Å². The summed E-state index contributed by atoms with van der Waals surface area (Å²) in [6.07, 6.45) is 1.66. The molecule has 2 aromatic heterocycles. The average molecular weight is 290 g/mol. The van der Waals surface area contributed by atoms with Crippen LogP contribution in [0.3, 0.4) is 0 Å². The van der Waals surface area contributed by atoms with Gasteiger partial charge in [0, 0.05) is 25.9 Å². The molecule has 2 heterocycles. The summed E-state index contributed by atoms with van der Waals surface area (Å²) in [4.78, 5) is 17.1. The van der Waals surface area contributed by atoms with E-state index < -0.39 is 0 Å². The molecule has 0 radical (unpaired) electrons. The molecule has 0 amide bonds. The molecule has 2 N–H and O–H groups in total. The molecule has 0 atom stereocenters. The lowest BCUT2D eigenvalue weighted by molar-refractivity contribution is 0.396. The van der Waals surface area contributed by atoms with Gasteiger partial charge in [-0.25, -0.2) is 9.97 Å². The maximum atomic E-state index is 5.32. The lowest BCUT2D eigenvalue weighted by atomic mass is 10.2. The van der Waals surface area contributed by atoms with Gasteiger partial charge >= 0.3 is 0 Å². The van der Waals surface area contributed by atoms with Crippen LogP contribution in [0.5, 0.6) is 11.8 Å². The number of methoxy groups -OCH3 is 2. The minimum absolute atomic E-state index is 0.434. The number of ether oxygens (including phenoxy) is 2. The fraction of sp³-hybridized carbons (Fsp3) is 0.385. The molecule has 8 heteroatoms. The zero-order valence-corrected chi connectivity index (χ0v) is 12.5. The van der Waals surface area contributed by atoms with Crippen molar-refractivity contribution in [1.29, 1.82) is 0 Å². The molecular weight excluding hydrogens is 272 g/mol. The highest BCUT2D eigenvalue weighted by Gasteiger charge is 2.14. The van der Waals surface area contributed by atoms with Crippen LogP contribution in [0.4, 0.5) is 11.9 Å². The van der Waals surface area contributed by atoms with Crippen LogP contribution in [0.1, 0.15) is 6.92 Å². The molecule has 0 aromatic carbocycles. The third kappa shape index (κ3) is 3.28. The van der Waals surface area contributed by atoms with Gasteiger partial charge in [0.2, 0.25) is 23.7 Å². The summed E-state index contributed by atoms with van der Waals surface area (Å²) in [5, 5.41) is 5.92. The Kier molecular flexibility index (Phi) is 4.70. The van der Waals surface area contributed by atoms with Crippen molar-refractivity contribution in [2.75, 3.05) is 38.4 Å². The van der Waals surface area contributed by atoms with E-state index in [1.54, 1.807) is 33.5 Å². The molecule has 0 bridgehead atoms. The first-order chi connectivity index (χ1) is 10.2. The molecule has 0 aliphatic rings. The van der Waals surface area contributed by atoms with Crippen molar-refractivity contribution in [1.82, 2.24) is 19.9 Å². The molecule has 0 aliphatic carbocycles. The van der Waals surface area contributed by atoms with Crippen molar-refractivity contribution in [3.05, 3.63) is 12.3 Å². The van der Waals surface area contributed by atoms with E-state index in [9.17, 15) is 0 Å². The smallest absolute Gasteiger partial charge is 0.227 e. The van der Waals surface area contributed by atoms with E-state index in [0.29, 0.717) is 34.9 Å². The van der Waals surface area contributed by atoms with E-state index in [0.717, 1.165) is 6.54 Å². The SMILES string of the molecule is CCNc1ncc(-c2cc(OC)nc(NC)n2)c(OC)n1. The first kappa shape index (κ1) is 14.8. The van der Waals surface area contributed by atoms with Gasteiger partial charge in [0.1, 0.15) is 0 Å². The summed E-state index contributed by atoms with van der Waals surface area (Å²) >= 11 is 0. The van der Waals surface area contributed by atoms with E-state index in [1.807, 2.05) is 6.92 Å². The molecule has 0 saturated carbocycles. The Labute approximate surface area is 123 Å². The minimum atomic E-state index is 0.434. The van der Waals surface area contributed by atoms with E-state index in [1.165, 1.54) is 0 Å². The standard InChI is InChI=1S/C13H18N6O2/c1-5-15-13-16-7-8(11(19-13)21-4)9-6-10(20-3)18-12(14-2)17-9/h6-7H,5H2,1-4H3,(H,14,17,18)(H,15,16,19). The molecular formula is C13H18N6O2. The lowest BCUT2D eigenvalue weighted by Crippen LogP contribution is -2.05. The summed E-state index contributed by atoms with van der Waals surface area (Å²) in [6.45, 7) is 2.70. The lowest BCUT2D eigenvalue weighted by Gasteiger charge is -2.10. The maximum Gasteiger partial charge on any atom is 0.227 e. The largest absolute Gasteiger partial charge is 0.481 e. The van der Waals surface area contributed by atoms with Crippen molar-refractivity contribution >= 4 is 11.9 Å². The Morgan fingerprint density at radius 1 is 1.10 bits per heavy atom.